The molecule has 0 fully saturated rings. The van der Waals surface area contributed by atoms with E-state index >= 15 is 0 Å². The van der Waals surface area contributed by atoms with Gasteiger partial charge in [-0.05, 0) is 67.3 Å². The van der Waals surface area contributed by atoms with Crippen LogP contribution in [0.4, 0.5) is 0 Å². The number of rotatable bonds is 5. The highest BCUT2D eigenvalue weighted by atomic mass is 32.2. The SMILES string of the molecule is C/C(=N/O)C(c1cccc(S(C)(=O)=O)c1)(c1ccnc(C)c1)c1ccccc1C. The lowest BCUT2D eigenvalue weighted by atomic mass is 9.65. The zero-order valence-electron chi connectivity index (χ0n) is 16.9. The first-order valence-electron chi connectivity index (χ1n) is 9.20. The third-order valence-corrected chi connectivity index (χ3v) is 6.38. The van der Waals surface area contributed by atoms with Crippen LogP contribution in [-0.4, -0.2) is 30.6 Å². The number of oxime groups is 1. The highest BCUT2D eigenvalue weighted by molar-refractivity contribution is 7.90. The molecule has 5 nitrogen and oxygen atoms in total. The Morgan fingerprint density at radius 2 is 1.69 bits per heavy atom. The maximum absolute atomic E-state index is 12.3. The number of pyridine rings is 1. The summed E-state index contributed by atoms with van der Waals surface area (Å²) in [5.41, 5.74) is 3.72. The van der Waals surface area contributed by atoms with Crippen molar-refractivity contribution in [1.29, 1.82) is 0 Å². The molecule has 1 N–H and O–H groups in total. The van der Waals surface area contributed by atoms with Gasteiger partial charge in [-0.2, -0.15) is 0 Å². The maximum Gasteiger partial charge on any atom is 0.175 e. The van der Waals surface area contributed by atoms with Crippen LogP contribution in [0, 0.1) is 13.8 Å². The molecule has 0 spiro atoms. The molecule has 29 heavy (non-hydrogen) atoms. The molecule has 6 heteroatoms. The lowest BCUT2D eigenvalue weighted by Crippen LogP contribution is -2.38. The summed E-state index contributed by atoms with van der Waals surface area (Å²) in [6, 6.07) is 18.5. The Kier molecular flexibility index (Phi) is 5.57. The number of sulfone groups is 1. The van der Waals surface area contributed by atoms with Crippen molar-refractivity contribution in [2.24, 2.45) is 5.16 Å². The molecule has 0 aliphatic heterocycles. The largest absolute Gasteiger partial charge is 0.411 e. The number of aryl methyl sites for hydroxylation is 2. The second-order valence-electron chi connectivity index (χ2n) is 7.24. The predicted molar refractivity (Wildman–Crippen MR) is 114 cm³/mol. The Labute approximate surface area is 171 Å². The topological polar surface area (TPSA) is 79.6 Å². The highest BCUT2D eigenvalue weighted by Crippen LogP contribution is 2.42. The van der Waals surface area contributed by atoms with E-state index in [0.29, 0.717) is 11.3 Å². The molecule has 1 aromatic heterocycles. The molecular formula is C23H24N2O3S. The summed E-state index contributed by atoms with van der Waals surface area (Å²) >= 11 is 0. The van der Waals surface area contributed by atoms with E-state index in [0.717, 1.165) is 22.4 Å². The highest BCUT2D eigenvalue weighted by Gasteiger charge is 2.41. The van der Waals surface area contributed by atoms with E-state index in [1.807, 2.05) is 56.3 Å². The van der Waals surface area contributed by atoms with Crippen LogP contribution in [0.1, 0.15) is 34.9 Å². The summed E-state index contributed by atoms with van der Waals surface area (Å²) in [5.74, 6) is 0. The fourth-order valence-electron chi connectivity index (χ4n) is 3.90. The molecular weight excluding hydrogens is 384 g/mol. The fourth-order valence-corrected chi connectivity index (χ4v) is 4.56. The van der Waals surface area contributed by atoms with Gasteiger partial charge in [-0.25, -0.2) is 8.42 Å². The Bertz CT molecular complexity index is 1190. The van der Waals surface area contributed by atoms with E-state index in [1.165, 1.54) is 6.26 Å². The molecule has 0 aliphatic rings. The Morgan fingerprint density at radius 3 is 2.31 bits per heavy atom. The molecule has 1 atom stereocenters. The average Bonchev–Trinajstić information content (AvgIpc) is 2.69. The van der Waals surface area contributed by atoms with Gasteiger partial charge in [-0.15, -0.1) is 0 Å². The summed E-state index contributed by atoms with van der Waals surface area (Å²) < 4.78 is 24.5. The van der Waals surface area contributed by atoms with Crippen molar-refractivity contribution in [3.8, 4) is 0 Å². The van der Waals surface area contributed by atoms with Crippen molar-refractivity contribution < 1.29 is 13.6 Å². The van der Waals surface area contributed by atoms with Gasteiger partial charge < -0.3 is 5.21 Å². The quantitative estimate of drug-likeness (QED) is 0.388. The summed E-state index contributed by atoms with van der Waals surface area (Å²) in [6.45, 7) is 5.63. The van der Waals surface area contributed by atoms with Crippen LogP contribution < -0.4 is 0 Å². The molecule has 0 saturated heterocycles. The molecule has 0 saturated carbocycles. The molecule has 2 aromatic carbocycles. The van der Waals surface area contributed by atoms with Crippen molar-refractivity contribution in [1.82, 2.24) is 4.98 Å². The van der Waals surface area contributed by atoms with E-state index in [-0.39, 0.29) is 4.90 Å². The first kappa shape index (κ1) is 20.7. The number of benzene rings is 2. The van der Waals surface area contributed by atoms with Gasteiger partial charge in [-0.1, -0.05) is 41.6 Å². The van der Waals surface area contributed by atoms with Gasteiger partial charge in [0.25, 0.3) is 0 Å². The van der Waals surface area contributed by atoms with E-state index < -0.39 is 15.3 Å². The predicted octanol–water partition coefficient (Wildman–Crippen LogP) is 4.29. The van der Waals surface area contributed by atoms with Gasteiger partial charge in [-0.3, -0.25) is 4.98 Å². The third kappa shape index (κ3) is 3.68. The lowest BCUT2D eigenvalue weighted by molar-refractivity contribution is 0.315. The minimum atomic E-state index is -3.42. The summed E-state index contributed by atoms with van der Waals surface area (Å²) in [7, 11) is -3.42. The number of hydrogen-bond acceptors (Lipinski definition) is 5. The van der Waals surface area contributed by atoms with Crippen LogP contribution in [-0.2, 0) is 15.3 Å². The Morgan fingerprint density at radius 1 is 1.00 bits per heavy atom. The summed E-state index contributed by atoms with van der Waals surface area (Å²) in [5, 5.41) is 13.5. The number of aromatic nitrogens is 1. The zero-order chi connectivity index (χ0) is 21.2. The second-order valence-corrected chi connectivity index (χ2v) is 9.25. The van der Waals surface area contributed by atoms with Gasteiger partial charge >= 0.3 is 0 Å². The molecule has 3 aromatic rings. The van der Waals surface area contributed by atoms with Crippen LogP contribution in [0.15, 0.2) is 76.9 Å². The number of nitrogens with zero attached hydrogens (tertiary/aromatic N) is 2. The van der Waals surface area contributed by atoms with Crippen molar-refractivity contribution in [2.75, 3.05) is 6.26 Å². The smallest absolute Gasteiger partial charge is 0.175 e. The van der Waals surface area contributed by atoms with Crippen LogP contribution in [0.25, 0.3) is 0 Å². The second kappa shape index (κ2) is 7.79. The standard InChI is InChI=1S/C23H24N2O3S/c1-16-8-5-6-11-22(16)23(18(3)25-26,20-12-13-24-17(2)14-20)19-9-7-10-21(15-19)29(4,27)28/h5-15,26H,1-4H3/b25-18-. The molecule has 1 unspecified atom stereocenters. The van der Waals surface area contributed by atoms with Gasteiger partial charge in [0.15, 0.2) is 9.84 Å². The van der Waals surface area contributed by atoms with Crippen molar-refractivity contribution in [3.63, 3.8) is 0 Å². The van der Waals surface area contributed by atoms with Crippen molar-refractivity contribution >= 4 is 15.5 Å². The summed E-state index contributed by atoms with van der Waals surface area (Å²) in [6.07, 6.45) is 2.90. The lowest BCUT2D eigenvalue weighted by Gasteiger charge is -2.36. The summed E-state index contributed by atoms with van der Waals surface area (Å²) in [4.78, 5) is 4.52. The van der Waals surface area contributed by atoms with E-state index in [1.54, 1.807) is 31.3 Å². The van der Waals surface area contributed by atoms with Crippen LogP contribution in [0.3, 0.4) is 0 Å². The van der Waals surface area contributed by atoms with Crippen LogP contribution in [0.5, 0.6) is 0 Å². The first-order valence-corrected chi connectivity index (χ1v) is 11.1. The first-order chi connectivity index (χ1) is 13.7. The molecule has 0 bridgehead atoms. The van der Waals surface area contributed by atoms with Gasteiger partial charge in [0.1, 0.15) is 0 Å². The third-order valence-electron chi connectivity index (χ3n) is 5.27. The van der Waals surface area contributed by atoms with Crippen molar-refractivity contribution in [2.45, 2.75) is 31.1 Å². The van der Waals surface area contributed by atoms with E-state index in [9.17, 15) is 13.6 Å². The van der Waals surface area contributed by atoms with E-state index in [2.05, 4.69) is 10.1 Å². The number of hydrogen-bond donors (Lipinski definition) is 1. The molecule has 3 rings (SSSR count). The van der Waals surface area contributed by atoms with Crippen LogP contribution >= 0.6 is 0 Å². The van der Waals surface area contributed by atoms with Gasteiger partial charge in [0, 0.05) is 18.1 Å². The fraction of sp³-hybridized carbons (Fsp3) is 0.217. The molecule has 150 valence electrons. The maximum atomic E-state index is 12.3. The Hall–Kier alpha value is -2.99. The Balaban J connectivity index is 2.52. The molecule has 1 heterocycles. The minimum Gasteiger partial charge on any atom is -0.411 e. The molecule has 0 radical (unpaired) electrons. The van der Waals surface area contributed by atoms with Crippen LogP contribution in [0.2, 0.25) is 0 Å². The molecule has 0 aliphatic carbocycles. The monoisotopic (exact) mass is 408 g/mol. The van der Waals surface area contributed by atoms with Gasteiger partial charge in [0.2, 0.25) is 0 Å². The van der Waals surface area contributed by atoms with E-state index in [4.69, 9.17) is 0 Å². The molecule has 0 amide bonds. The zero-order valence-corrected chi connectivity index (χ0v) is 17.7. The van der Waals surface area contributed by atoms with Crippen molar-refractivity contribution in [3.05, 3.63) is 94.8 Å². The minimum absolute atomic E-state index is 0.212. The average molecular weight is 409 g/mol. The van der Waals surface area contributed by atoms with Gasteiger partial charge in [0.05, 0.1) is 16.0 Å². The normalized spacial score (nSPS) is 14.4.